The van der Waals surface area contributed by atoms with Crippen molar-refractivity contribution in [1.82, 2.24) is 29.2 Å². The molecule has 0 spiro atoms. The molecule has 142 valence electrons. The lowest BCUT2D eigenvalue weighted by molar-refractivity contribution is 0.196. The van der Waals surface area contributed by atoms with Crippen molar-refractivity contribution in [3.8, 4) is 5.82 Å². The van der Waals surface area contributed by atoms with Crippen LogP contribution >= 0.6 is 0 Å². The Balaban J connectivity index is 1.49. The van der Waals surface area contributed by atoms with E-state index in [1.165, 1.54) is 0 Å². The molecule has 0 amide bonds. The van der Waals surface area contributed by atoms with Crippen molar-refractivity contribution in [1.29, 1.82) is 0 Å². The van der Waals surface area contributed by atoms with E-state index in [-0.39, 0.29) is 11.6 Å². The number of nitrogens with zero attached hydrogens (tertiary/aromatic N) is 6. The SMILES string of the molecule is CC(C)c1cnc(CN2CCCC2Cn2nc(-n3ccnc3)ccc2=O)o1. The van der Waals surface area contributed by atoms with E-state index in [1.807, 2.05) is 12.4 Å². The predicted octanol–water partition coefficient (Wildman–Crippen LogP) is 2.21. The first-order valence-electron chi connectivity index (χ1n) is 9.35. The first kappa shape index (κ1) is 17.7. The van der Waals surface area contributed by atoms with Crippen LogP contribution in [-0.4, -0.2) is 41.8 Å². The molecule has 1 fully saturated rings. The maximum absolute atomic E-state index is 12.3. The van der Waals surface area contributed by atoms with E-state index in [4.69, 9.17) is 4.42 Å². The van der Waals surface area contributed by atoms with Crippen molar-refractivity contribution < 1.29 is 4.42 Å². The molecule has 8 nitrogen and oxygen atoms in total. The number of imidazole rings is 1. The molecule has 0 bridgehead atoms. The van der Waals surface area contributed by atoms with Gasteiger partial charge >= 0.3 is 0 Å². The Kier molecular flexibility index (Phi) is 4.89. The minimum Gasteiger partial charge on any atom is -0.444 e. The largest absolute Gasteiger partial charge is 0.444 e. The van der Waals surface area contributed by atoms with Crippen LogP contribution in [0.25, 0.3) is 5.82 Å². The molecule has 1 aliphatic rings. The third-order valence-corrected chi connectivity index (χ3v) is 4.98. The Morgan fingerprint density at radius 3 is 2.96 bits per heavy atom. The fourth-order valence-corrected chi connectivity index (χ4v) is 3.45. The fraction of sp³-hybridized carbons (Fsp3) is 0.474. The van der Waals surface area contributed by atoms with Gasteiger partial charge in [-0.1, -0.05) is 13.8 Å². The summed E-state index contributed by atoms with van der Waals surface area (Å²) in [5, 5.41) is 4.51. The van der Waals surface area contributed by atoms with Crippen molar-refractivity contribution in [2.45, 2.75) is 51.7 Å². The average molecular weight is 368 g/mol. The van der Waals surface area contributed by atoms with Gasteiger partial charge in [-0.2, -0.15) is 5.10 Å². The molecule has 1 saturated heterocycles. The second-order valence-corrected chi connectivity index (χ2v) is 7.26. The number of oxazole rings is 1. The quantitative estimate of drug-likeness (QED) is 0.663. The Morgan fingerprint density at radius 1 is 1.33 bits per heavy atom. The molecule has 0 saturated carbocycles. The summed E-state index contributed by atoms with van der Waals surface area (Å²) in [5.74, 6) is 2.66. The van der Waals surface area contributed by atoms with Gasteiger partial charge in [-0.15, -0.1) is 0 Å². The van der Waals surface area contributed by atoms with Crippen LogP contribution in [-0.2, 0) is 13.1 Å². The van der Waals surface area contributed by atoms with Gasteiger partial charge in [0.2, 0.25) is 5.89 Å². The van der Waals surface area contributed by atoms with E-state index in [1.54, 1.807) is 33.9 Å². The maximum Gasteiger partial charge on any atom is 0.266 e. The molecule has 1 aliphatic heterocycles. The topological polar surface area (TPSA) is 82.0 Å². The summed E-state index contributed by atoms with van der Waals surface area (Å²) >= 11 is 0. The summed E-state index contributed by atoms with van der Waals surface area (Å²) < 4.78 is 9.19. The molecule has 0 radical (unpaired) electrons. The van der Waals surface area contributed by atoms with Crippen molar-refractivity contribution in [2.24, 2.45) is 0 Å². The van der Waals surface area contributed by atoms with Crippen LogP contribution < -0.4 is 5.56 Å². The van der Waals surface area contributed by atoms with Gasteiger partial charge in [0.15, 0.2) is 5.82 Å². The number of hydrogen-bond acceptors (Lipinski definition) is 6. The number of aromatic nitrogens is 5. The van der Waals surface area contributed by atoms with Gasteiger partial charge in [-0.25, -0.2) is 14.6 Å². The molecule has 3 aromatic heterocycles. The molecule has 27 heavy (non-hydrogen) atoms. The van der Waals surface area contributed by atoms with Gasteiger partial charge in [0, 0.05) is 30.4 Å². The molecular formula is C19H24N6O2. The highest BCUT2D eigenvalue weighted by Crippen LogP contribution is 2.22. The van der Waals surface area contributed by atoms with E-state index in [9.17, 15) is 4.79 Å². The number of likely N-dealkylation sites (tertiary alicyclic amines) is 1. The fourth-order valence-electron chi connectivity index (χ4n) is 3.45. The van der Waals surface area contributed by atoms with Gasteiger partial charge in [0.1, 0.15) is 12.1 Å². The van der Waals surface area contributed by atoms with Gasteiger partial charge in [-0.05, 0) is 25.5 Å². The molecule has 8 heteroatoms. The lowest BCUT2D eigenvalue weighted by Gasteiger charge is -2.23. The van der Waals surface area contributed by atoms with Crippen LogP contribution in [0.15, 0.2) is 46.3 Å². The molecule has 0 aromatic carbocycles. The Labute approximate surface area is 157 Å². The Hall–Kier alpha value is -2.74. The predicted molar refractivity (Wildman–Crippen MR) is 99.6 cm³/mol. The summed E-state index contributed by atoms with van der Waals surface area (Å²) in [7, 11) is 0. The Morgan fingerprint density at radius 2 is 2.22 bits per heavy atom. The normalized spacial score (nSPS) is 17.8. The lowest BCUT2D eigenvalue weighted by atomic mass is 10.2. The molecule has 1 atom stereocenters. The molecule has 0 N–H and O–H groups in total. The first-order valence-corrected chi connectivity index (χ1v) is 9.35. The smallest absolute Gasteiger partial charge is 0.266 e. The third kappa shape index (κ3) is 3.85. The Bertz CT molecular complexity index is 943. The van der Waals surface area contributed by atoms with E-state index >= 15 is 0 Å². The van der Waals surface area contributed by atoms with Gasteiger partial charge in [-0.3, -0.25) is 14.3 Å². The second-order valence-electron chi connectivity index (χ2n) is 7.26. The summed E-state index contributed by atoms with van der Waals surface area (Å²) in [4.78, 5) is 23.1. The van der Waals surface area contributed by atoms with Crippen LogP contribution in [0.2, 0.25) is 0 Å². The minimum absolute atomic E-state index is 0.0936. The van der Waals surface area contributed by atoms with Crippen LogP contribution in [0.5, 0.6) is 0 Å². The highest BCUT2D eigenvalue weighted by Gasteiger charge is 2.27. The van der Waals surface area contributed by atoms with Gasteiger partial charge in [0.25, 0.3) is 5.56 Å². The summed E-state index contributed by atoms with van der Waals surface area (Å²) in [5.41, 5.74) is -0.0936. The zero-order valence-corrected chi connectivity index (χ0v) is 15.7. The monoisotopic (exact) mass is 368 g/mol. The average Bonchev–Trinajstić information content (AvgIpc) is 3.40. The van der Waals surface area contributed by atoms with Crippen LogP contribution in [0, 0.1) is 0 Å². The van der Waals surface area contributed by atoms with Crippen molar-refractivity contribution in [2.75, 3.05) is 6.54 Å². The van der Waals surface area contributed by atoms with E-state index < -0.39 is 0 Å². The van der Waals surface area contributed by atoms with Gasteiger partial charge < -0.3 is 4.42 Å². The standard InChI is InChI=1S/C19H24N6O2/c1-14(2)16-10-21-18(27-16)12-23-8-3-4-15(23)11-25-19(26)6-5-17(22-25)24-9-7-20-13-24/h5-7,9-10,13-15H,3-4,8,11-12H2,1-2H3. The molecule has 4 rings (SSSR count). The summed E-state index contributed by atoms with van der Waals surface area (Å²) in [6.45, 7) is 6.37. The van der Waals surface area contributed by atoms with Crippen LogP contribution in [0.3, 0.4) is 0 Å². The lowest BCUT2D eigenvalue weighted by Crippen LogP contribution is -2.37. The summed E-state index contributed by atoms with van der Waals surface area (Å²) in [6, 6.07) is 3.51. The van der Waals surface area contributed by atoms with Gasteiger partial charge in [0.05, 0.1) is 19.3 Å². The molecular weight excluding hydrogens is 344 g/mol. The highest BCUT2D eigenvalue weighted by atomic mass is 16.4. The number of hydrogen-bond donors (Lipinski definition) is 0. The van der Waals surface area contributed by atoms with Crippen molar-refractivity contribution >= 4 is 0 Å². The zero-order valence-electron chi connectivity index (χ0n) is 15.7. The third-order valence-electron chi connectivity index (χ3n) is 4.98. The maximum atomic E-state index is 12.3. The second kappa shape index (κ2) is 7.48. The van der Waals surface area contributed by atoms with Crippen molar-refractivity contribution in [3.63, 3.8) is 0 Å². The van der Waals surface area contributed by atoms with E-state index in [0.717, 1.165) is 31.0 Å². The van der Waals surface area contributed by atoms with Crippen LogP contribution in [0.4, 0.5) is 0 Å². The highest BCUT2D eigenvalue weighted by molar-refractivity contribution is 5.19. The van der Waals surface area contributed by atoms with Crippen molar-refractivity contribution in [3.05, 3.63) is 59.1 Å². The number of rotatable bonds is 6. The van der Waals surface area contributed by atoms with E-state index in [2.05, 4.69) is 33.8 Å². The molecule has 3 aromatic rings. The molecule has 0 aliphatic carbocycles. The summed E-state index contributed by atoms with van der Waals surface area (Å²) in [6.07, 6.45) is 9.12. The van der Waals surface area contributed by atoms with E-state index in [0.29, 0.717) is 24.8 Å². The molecule has 1 unspecified atom stereocenters. The first-order chi connectivity index (χ1) is 13.1. The molecule has 4 heterocycles. The zero-order chi connectivity index (χ0) is 18.8. The minimum atomic E-state index is -0.0936. The van der Waals surface area contributed by atoms with Crippen LogP contribution in [0.1, 0.15) is 44.3 Å².